The van der Waals surface area contributed by atoms with E-state index < -0.39 is 0 Å². The number of ketones is 1. The molecule has 0 radical (unpaired) electrons. The first-order valence-corrected chi connectivity index (χ1v) is 6.03. The second kappa shape index (κ2) is 3.43. The lowest BCUT2D eigenvalue weighted by atomic mass is 9.90. The first kappa shape index (κ1) is 10.1. The molecule has 1 aliphatic carbocycles. The van der Waals surface area contributed by atoms with E-state index in [4.69, 9.17) is 0 Å². The lowest BCUT2D eigenvalue weighted by Crippen LogP contribution is -2.43. The fraction of sp³-hybridized carbons (Fsp3) is 0.250. The van der Waals surface area contributed by atoms with Crippen molar-refractivity contribution in [3.8, 4) is 0 Å². The van der Waals surface area contributed by atoms with Gasteiger partial charge in [-0.15, -0.1) is 0 Å². The van der Waals surface area contributed by atoms with E-state index in [1.807, 2.05) is 18.2 Å². The van der Waals surface area contributed by atoms with E-state index in [-0.39, 0.29) is 10.6 Å². The van der Waals surface area contributed by atoms with Crippen LogP contribution in [-0.2, 0) is 4.79 Å². The number of halogens is 1. The Kier molecular flexibility index (Phi) is 2.16. The van der Waals surface area contributed by atoms with Gasteiger partial charge in [0, 0.05) is 17.8 Å². The highest BCUT2D eigenvalue weighted by Crippen LogP contribution is 2.28. The molecule has 1 aromatic carbocycles. The minimum absolute atomic E-state index is 0.162. The van der Waals surface area contributed by atoms with E-state index >= 15 is 0 Å². The number of benzene rings is 1. The van der Waals surface area contributed by atoms with E-state index in [0.717, 1.165) is 26.6 Å². The van der Waals surface area contributed by atoms with Crippen molar-refractivity contribution in [2.45, 2.75) is 11.2 Å². The number of Topliss-reactive ketones (excluding diaryl/α,β-unsaturated/α-hetero) is 1. The van der Waals surface area contributed by atoms with Crippen LogP contribution in [0.2, 0.25) is 0 Å². The summed E-state index contributed by atoms with van der Waals surface area (Å²) in [5, 5.41) is 12.8. The summed E-state index contributed by atoms with van der Waals surface area (Å²) < 4.78 is 0. The molecule has 2 aliphatic rings. The van der Waals surface area contributed by atoms with Gasteiger partial charge in [0.25, 0.3) is 0 Å². The van der Waals surface area contributed by atoms with Crippen LogP contribution in [0.5, 0.6) is 0 Å². The molecule has 0 fully saturated rings. The van der Waals surface area contributed by atoms with Crippen LogP contribution in [0.1, 0.15) is 16.8 Å². The van der Waals surface area contributed by atoms with Crippen molar-refractivity contribution in [1.82, 2.24) is 5.06 Å². The van der Waals surface area contributed by atoms with E-state index in [9.17, 15) is 10.0 Å². The quantitative estimate of drug-likeness (QED) is 0.711. The summed E-state index contributed by atoms with van der Waals surface area (Å²) in [4.78, 5) is 11.6. The standard InChI is InChI=1S/C12H10BrNO2/c13-12-9-3-1-2-7-5-14(16)6-8(11(7)9)4-10(12)15/h1-3,5,12,16H,4,6H2. The number of alkyl halides is 1. The minimum atomic E-state index is -0.204. The van der Waals surface area contributed by atoms with Crippen molar-refractivity contribution in [1.29, 1.82) is 0 Å². The minimum Gasteiger partial charge on any atom is -0.298 e. The average molecular weight is 280 g/mol. The Morgan fingerprint density at radius 3 is 3.06 bits per heavy atom. The first-order valence-electron chi connectivity index (χ1n) is 5.12. The van der Waals surface area contributed by atoms with Gasteiger partial charge in [-0.1, -0.05) is 34.1 Å². The molecule has 0 amide bonds. The molecular weight excluding hydrogens is 270 g/mol. The fourth-order valence-corrected chi connectivity index (χ4v) is 2.96. The van der Waals surface area contributed by atoms with Crippen molar-refractivity contribution in [3.05, 3.63) is 34.2 Å². The highest BCUT2D eigenvalue weighted by molar-refractivity contribution is 9.09. The van der Waals surface area contributed by atoms with Gasteiger partial charge in [0.15, 0.2) is 5.78 Å². The number of nitrogens with zero attached hydrogens (tertiary/aromatic N) is 1. The van der Waals surface area contributed by atoms with Crippen LogP contribution in [0.25, 0.3) is 11.8 Å². The van der Waals surface area contributed by atoms with Gasteiger partial charge in [0.1, 0.15) is 0 Å². The maximum Gasteiger partial charge on any atom is 0.155 e. The third-order valence-corrected chi connectivity index (χ3v) is 4.07. The first-order chi connectivity index (χ1) is 7.66. The molecule has 4 heteroatoms. The topological polar surface area (TPSA) is 40.5 Å². The predicted octanol–water partition coefficient (Wildman–Crippen LogP) is 0.689. The highest BCUT2D eigenvalue weighted by atomic mass is 79.9. The van der Waals surface area contributed by atoms with E-state index in [0.29, 0.717) is 13.0 Å². The van der Waals surface area contributed by atoms with Crippen molar-refractivity contribution in [2.75, 3.05) is 6.54 Å². The Morgan fingerprint density at radius 2 is 2.25 bits per heavy atom. The van der Waals surface area contributed by atoms with E-state index in [2.05, 4.69) is 15.9 Å². The molecular formula is C12H10BrNO2. The molecule has 3 rings (SSSR count). The third-order valence-electron chi connectivity index (χ3n) is 3.07. The maximum absolute atomic E-state index is 11.8. The van der Waals surface area contributed by atoms with Crippen molar-refractivity contribution >= 4 is 33.5 Å². The number of hydroxylamine groups is 2. The Balaban J connectivity index is 2.42. The van der Waals surface area contributed by atoms with Gasteiger partial charge in [0.05, 0.1) is 11.4 Å². The number of carbonyl (C=O) groups is 1. The second-order valence-corrected chi connectivity index (χ2v) is 5.06. The zero-order chi connectivity index (χ0) is 11.3. The highest BCUT2D eigenvalue weighted by Gasteiger charge is 2.27. The Hall–Kier alpha value is -1.13. The summed E-state index contributed by atoms with van der Waals surface area (Å²) in [6.07, 6.45) is 2.13. The molecule has 0 saturated heterocycles. The van der Waals surface area contributed by atoms with Gasteiger partial charge in [0.2, 0.25) is 0 Å². The Labute approximate surface area is 101 Å². The number of hydrogen-bond acceptors (Lipinski definition) is 3. The number of hydrogen-bond donors (Lipinski definition) is 1. The van der Waals surface area contributed by atoms with Crippen LogP contribution in [0.15, 0.2) is 18.2 Å². The summed E-state index contributed by atoms with van der Waals surface area (Å²) in [6.45, 7) is 0.426. The van der Waals surface area contributed by atoms with Gasteiger partial charge < -0.3 is 0 Å². The van der Waals surface area contributed by atoms with Crippen LogP contribution >= 0.6 is 15.9 Å². The molecule has 1 aliphatic heterocycles. The molecule has 0 bridgehead atoms. The van der Waals surface area contributed by atoms with Crippen LogP contribution in [0.4, 0.5) is 0 Å². The van der Waals surface area contributed by atoms with Gasteiger partial charge in [-0.25, -0.2) is 0 Å². The van der Waals surface area contributed by atoms with Gasteiger partial charge in [-0.3, -0.25) is 15.1 Å². The monoisotopic (exact) mass is 279 g/mol. The Morgan fingerprint density at radius 1 is 1.44 bits per heavy atom. The van der Waals surface area contributed by atoms with Crippen molar-refractivity contribution in [2.24, 2.45) is 0 Å². The molecule has 1 N–H and O–H groups in total. The second-order valence-electron chi connectivity index (χ2n) is 4.15. The summed E-state index contributed by atoms with van der Waals surface area (Å²) >= 11 is 3.43. The molecule has 0 saturated carbocycles. The molecule has 16 heavy (non-hydrogen) atoms. The van der Waals surface area contributed by atoms with E-state index in [1.165, 1.54) is 0 Å². The van der Waals surface area contributed by atoms with Crippen molar-refractivity contribution < 1.29 is 10.0 Å². The SMILES string of the molecule is O=C1CC2=c3c(cccc3=CN(O)C2)C1Br. The molecule has 3 nitrogen and oxygen atoms in total. The zero-order valence-corrected chi connectivity index (χ0v) is 10.1. The zero-order valence-electron chi connectivity index (χ0n) is 8.48. The average Bonchev–Trinajstić information content (AvgIpc) is 2.25. The molecule has 0 spiro atoms. The smallest absolute Gasteiger partial charge is 0.155 e. The van der Waals surface area contributed by atoms with Crippen molar-refractivity contribution in [3.63, 3.8) is 0 Å². The molecule has 82 valence electrons. The summed E-state index contributed by atoms with van der Waals surface area (Å²) in [5.74, 6) is 0.162. The number of rotatable bonds is 0. The van der Waals surface area contributed by atoms with Gasteiger partial charge in [-0.2, -0.15) is 0 Å². The summed E-state index contributed by atoms with van der Waals surface area (Å²) in [5.41, 5.74) is 2.03. The molecule has 0 aromatic heterocycles. The van der Waals surface area contributed by atoms with Crippen LogP contribution in [0.3, 0.4) is 0 Å². The maximum atomic E-state index is 11.8. The summed E-state index contributed by atoms with van der Waals surface area (Å²) in [7, 11) is 0. The van der Waals surface area contributed by atoms with Crippen LogP contribution in [-0.4, -0.2) is 22.6 Å². The Bertz CT molecular complexity index is 594. The fourth-order valence-electron chi connectivity index (χ4n) is 2.41. The largest absolute Gasteiger partial charge is 0.298 e. The van der Waals surface area contributed by atoms with E-state index in [1.54, 1.807) is 6.20 Å². The normalized spacial score (nSPS) is 22.9. The van der Waals surface area contributed by atoms with Crippen LogP contribution < -0.4 is 10.4 Å². The lowest BCUT2D eigenvalue weighted by Gasteiger charge is -2.25. The summed E-state index contributed by atoms with van der Waals surface area (Å²) in [6, 6.07) is 5.83. The molecule has 1 heterocycles. The number of carbonyl (C=O) groups excluding carboxylic acids is 1. The molecule has 1 unspecified atom stereocenters. The van der Waals surface area contributed by atoms with Crippen LogP contribution in [0, 0.1) is 0 Å². The molecule has 1 aromatic rings. The van der Waals surface area contributed by atoms with Gasteiger partial charge in [-0.05, 0) is 16.4 Å². The predicted molar refractivity (Wildman–Crippen MR) is 63.3 cm³/mol. The lowest BCUT2D eigenvalue weighted by molar-refractivity contribution is -0.117. The van der Waals surface area contributed by atoms with Gasteiger partial charge >= 0.3 is 0 Å². The molecule has 1 atom stereocenters. The third kappa shape index (κ3) is 1.33.